The van der Waals surface area contributed by atoms with Crippen molar-refractivity contribution in [1.29, 1.82) is 0 Å². The molecule has 9 heteroatoms. The van der Waals surface area contributed by atoms with E-state index >= 15 is 0 Å². The number of aryl methyl sites for hydroxylation is 1. The second kappa shape index (κ2) is 8.85. The van der Waals surface area contributed by atoms with Gasteiger partial charge in [0.2, 0.25) is 17.7 Å². The molecule has 0 saturated carbocycles. The summed E-state index contributed by atoms with van der Waals surface area (Å²) < 4.78 is 14.1. The lowest BCUT2D eigenvalue weighted by Gasteiger charge is -2.49. The first-order valence-electron chi connectivity index (χ1n) is 9.45. The van der Waals surface area contributed by atoms with E-state index in [1.807, 2.05) is 0 Å². The molecule has 3 rings (SSSR count). The number of amides is 3. The van der Waals surface area contributed by atoms with E-state index in [1.165, 1.54) is 6.07 Å². The molecule has 0 bridgehead atoms. The molecular weight excluding hydrogens is 377 g/mol. The quantitative estimate of drug-likeness (QED) is 0.568. The van der Waals surface area contributed by atoms with Crippen LogP contribution >= 0.6 is 0 Å². The first kappa shape index (κ1) is 20.5. The van der Waals surface area contributed by atoms with Gasteiger partial charge >= 0.3 is 0 Å². The molecule has 4 N–H and O–H groups in total. The van der Waals surface area contributed by atoms with Crippen molar-refractivity contribution in [1.82, 2.24) is 20.4 Å². The van der Waals surface area contributed by atoms with Gasteiger partial charge in [-0.25, -0.2) is 4.39 Å². The second-order valence-electron chi connectivity index (χ2n) is 7.41. The molecule has 1 saturated heterocycles. The lowest BCUT2D eigenvalue weighted by atomic mass is 9.73. The van der Waals surface area contributed by atoms with Crippen molar-refractivity contribution < 1.29 is 18.8 Å². The number of hydrogen-bond donors (Lipinski definition) is 3. The molecule has 0 radical (unpaired) electrons. The predicted octanol–water partition coefficient (Wildman–Crippen LogP) is 0.544. The summed E-state index contributed by atoms with van der Waals surface area (Å²) in [7, 11) is 0. The van der Waals surface area contributed by atoms with Crippen molar-refractivity contribution in [3.05, 3.63) is 53.6 Å². The maximum atomic E-state index is 14.1. The molecule has 1 aromatic heterocycles. The Morgan fingerprint density at radius 3 is 2.69 bits per heavy atom. The summed E-state index contributed by atoms with van der Waals surface area (Å²) in [6.07, 6.45) is 5.40. The first-order chi connectivity index (χ1) is 13.9. The van der Waals surface area contributed by atoms with E-state index in [9.17, 15) is 18.8 Å². The molecule has 3 amide bonds. The number of nitrogens with two attached hydrogens (primary N) is 1. The standard InChI is InChI=1S/C20H24FN5O3/c21-16-6-2-1-5-15(16)8-20(19(29)23-11-17(22)27)12-26(13-20)18(28)7-3-4-14-9-24-25-10-14/h1-2,5-6,9-10H,3-4,7-8,11-13H2,(H2,22,27)(H,23,29)(H,24,25). The van der Waals surface area contributed by atoms with Crippen LogP contribution in [-0.2, 0) is 27.2 Å². The topological polar surface area (TPSA) is 121 Å². The Labute approximate surface area is 167 Å². The van der Waals surface area contributed by atoms with Gasteiger partial charge in [-0.2, -0.15) is 5.10 Å². The Bertz CT molecular complexity index is 878. The number of H-pyrrole nitrogens is 1. The van der Waals surface area contributed by atoms with Crippen LogP contribution in [0.4, 0.5) is 4.39 Å². The number of hydrogen-bond acceptors (Lipinski definition) is 4. The smallest absolute Gasteiger partial charge is 0.236 e. The molecule has 1 aromatic carbocycles. The molecule has 1 aliphatic rings. The van der Waals surface area contributed by atoms with E-state index in [-0.39, 0.29) is 32.0 Å². The van der Waals surface area contributed by atoms with Crippen LogP contribution < -0.4 is 11.1 Å². The number of aromatic amines is 1. The number of nitrogens with zero attached hydrogens (tertiary/aromatic N) is 2. The molecule has 0 atom stereocenters. The largest absolute Gasteiger partial charge is 0.368 e. The van der Waals surface area contributed by atoms with E-state index in [1.54, 1.807) is 35.5 Å². The number of nitrogens with one attached hydrogen (secondary N) is 2. The number of carbonyl (C=O) groups excluding carboxylic acids is 3. The minimum absolute atomic E-state index is 0.0552. The van der Waals surface area contributed by atoms with Crippen LogP contribution in [0.3, 0.4) is 0 Å². The molecule has 1 fully saturated rings. The van der Waals surface area contributed by atoms with Crippen LogP contribution in [0.5, 0.6) is 0 Å². The Morgan fingerprint density at radius 2 is 2.03 bits per heavy atom. The van der Waals surface area contributed by atoms with Gasteiger partial charge in [-0.3, -0.25) is 19.5 Å². The number of likely N-dealkylation sites (tertiary alicyclic amines) is 1. The third kappa shape index (κ3) is 4.98. The van der Waals surface area contributed by atoms with E-state index in [0.29, 0.717) is 18.4 Å². The molecule has 154 valence electrons. The van der Waals surface area contributed by atoms with Gasteiger partial charge in [0, 0.05) is 25.7 Å². The molecular formula is C20H24FN5O3. The summed E-state index contributed by atoms with van der Waals surface area (Å²) in [5.41, 5.74) is 5.56. The van der Waals surface area contributed by atoms with Gasteiger partial charge in [0.15, 0.2) is 0 Å². The lowest BCUT2D eigenvalue weighted by molar-refractivity contribution is -0.154. The van der Waals surface area contributed by atoms with Gasteiger partial charge in [-0.1, -0.05) is 18.2 Å². The summed E-state index contributed by atoms with van der Waals surface area (Å²) in [6.45, 7) is 0.0590. The molecule has 1 aliphatic heterocycles. The Kier molecular flexibility index (Phi) is 6.26. The van der Waals surface area contributed by atoms with E-state index in [0.717, 1.165) is 12.0 Å². The minimum Gasteiger partial charge on any atom is -0.368 e. The van der Waals surface area contributed by atoms with Crippen molar-refractivity contribution in [2.75, 3.05) is 19.6 Å². The second-order valence-corrected chi connectivity index (χ2v) is 7.41. The highest BCUT2D eigenvalue weighted by Gasteiger charge is 2.50. The van der Waals surface area contributed by atoms with Crippen molar-refractivity contribution in [3.8, 4) is 0 Å². The van der Waals surface area contributed by atoms with E-state index in [2.05, 4.69) is 15.5 Å². The van der Waals surface area contributed by atoms with E-state index in [4.69, 9.17) is 5.73 Å². The maximum absolute atomic E-state index is 14.1. The van der Waals surface area contributed by atoms with Gasteiger partial charge in [-0.15, -0.1) is 0 Å². The predicted molar refractivity (Wildman–Crippen MR) is 103 cm³/mol. The van der Waals surface area contributed by atoms with Crippen molar-refractivity contribution >= 4 is 17.7 Å². The normalized spacial score (nSPS) is 14.9. The first-order valence-corrected chi connectivity index (χ1v) is 9.45. The molecule has 2 heterocycles. The van der Waals surface area contributed by atoms with Crippen LogP contribution in [0.2, 0.25) is 0 Å². The highest BCUT2D eigenvalue weighted by molar-refractivity contribution is 5.90. The van der Waals surface area contributed by atoms with Crippen LogP contribution in [0.25, 0.3) is 0 Å². The van der Waals surface area contributed by atoms with E-state index < -0.39 is 23.0 Å². The zero-order valence-electron chi connectivity index (χ0n) is 16.0. The SMILES string of the molecule is NC(=O)CNC(=O)C1(Cc2ccccc2F)CN(C(=O)CCCc2cn[nH]c2)C1. The number of aromatic nitrogens is 2. The zero-order valence-corrected chi connectivity index (χ0v) is 16.0. The van der Waals surface area contributed by atoms with Crippen LogP contribution in [0.15, 0.2) is 36.7 Å². The number of carbonyl (C=O) groups is 3. The maximum Gasteiger partial charge on any atom is 0.236 e. The zero-order chi connectivity index (χ0) is 20.9. The highest BCUT2D eigenvalue weighted by atomic mass is 19.1. The fourth-order valence-corrected chi connectivity index (χ4v) is 3.57. The highest BCUT2D eigenvalue weighted by Crippen LogP contribution is 2.36. The van der Waals surface area contributed by atoms with Crippen LogP contribution in [0.1, 0.15) is 24.0 Å². The lowest BCUT2D eigenvalue weighted by Crippen LogP contribution is -2.66. The molecule has 0 aliphatic carbocycles. The van der Waals surface area contributed by atoms with Gasteiger partial charge in [0.05, 0.1) is 18.2 Å². The summed E-state index contributed by atoms with van der Waals surface area (Å²) in [5.74, 6) is -1.52. The third-order valence-electron chi connectivity index (χ3n) is 5.14. The molecule has 8 nitrogen and oxygen atoms in total. The Hall–Kier alpha value is -3.23. The summed E-state index contributed by atoms with van der Waals surface area (Å²) in [6, 6.07) is 6.23. The van der Waals surface area contributed by atoms with Gasteiger partial charge in [0.1, 0.15) is 5.82 Å². The summed E-state index contributed by atoms with van der Waals surface area (Å²) in [5, 5.41) is 9.10. The fraction of sp³-hybridized carbons (Fsp3) is 0.400. The van der Waals surface area contributed by atoms with Crippen LogP contribution in [-0.4, -0.2) is 52.5 Å². The monoisotopic (exact) mass is 401 g/mol. The summed E-state index contributed by atoms with van der Waals surface area (Å²) in [4.78, 5) is 37.8. The average Bonchev–Trinajstić information content (AvgIpc) is 3.17. The minimum atomic E-state index is -0.974. The van der Waals surface area contributed by atoms with Crippen LogP contribution in [0, 0.1) is 11.2 Å². The van der Waals surface area contributed by atoms with Gasteiger partial charge < -0.3 is 16.0 Å². The Morgan fingerprint density at radius 1 is 1.28 bits per heavy atom. The number of halogens is 1. The fourth-order valence-electron chi connectivity index (χ4n) is 3.57. The van der Waals surface area contributed by atoms with Crippen molar-refractivity contribution in [3.63, 3.8) is 0 Å². The van der Waals surface area contributed by atoms with Gasteiger partial charge in [0.25, 0.3) is 0 Å². The van der Waals surface area contributed by atoms with Crippen molar-refractivity contribution in [2.24, 2.45) is 11.1 Å². The molecule has 0 spiro atoms. The van der Waals surface area contributed by atoms with Crippen molar-refractivity contribution in [2.45, 2.75) is 25.7 Å². The van der Waals surface area contributed by atoms with Gasteiger partial charge in [-0.05, 0) is 36.5 Å². The number of rotatable bonds is 9. The average molecular weight is 401 g/mol. The molecule has 29 heavy (non-hydrogen) atoms. The molecule has 2 aromatic rings. The summed E-state index contributed by atoms with van der Waals surface area (Å²) >= 11 is 0. The Balaban J connectivity index is 1.61. The third-order valence-corrected chi connectivity index (χ3v) is 5.14. The number of primary amides is 1. The molecule has 0 unspecified atom stereocenters. The number of benzene rings is 1.